The van der Waals surface area contributed by atoms with Crippen molar-refractivity contribution < 1.29 is 4.79 Å². The van der Waals surface area contributed by atoms with Gasteiger partial charge in [0.15, 0.2) is 0 Å². The minimum Gasteiger partial charge on any atom is -0.368 e. The maximum absolute atomic E-state index is 10.9. The molecule has 4 nitrogen and oxygen atoms in total. The third-order valence-corrected chi connectivity index (χ3v) is 3.25. The van der Waals surface area contributed by atoms with Gasteiger partial charge in [0.25, 0.3) is 0 Å². The molecule has 86 valence electrons. The van der Waals surface area contributed by atoms with E-state index in [-0.39, 0.29) is 5.91 Å². The van der Waals surface area contributed by atoms with Gasteiger partial charge >= 0.3 is 0 Å². The molecule has 0 bridgehead atoms. The van der Waals surface area contributed by atoms with E-state index in [9.17, 15) is 4.79 Å². The zero-order chi connectivity index (χ0) is 10.8. The van der Waals surface area contributed by atoms with Gasteiger partial charge in [-0.15, -0.1) is 0 Å². The third kappa shape index (κ3) is 3.80. The summed E-state index contributed by atoms with van der Waals surface area (Å²) in [6, 6.07) is -0.498. The van der Waals surface area contributed by atoms with Crippen LogP contribution in [0.3, 0.4) is 0 Å². The topological polar surface area (TPSA) is 72.3 Å². The molecule has 1 amide bonds. The first-order chi connectivity index (χ1) is 7.15. The zero-order valence-electron chi connectivity index (χ0n) is 9.19. The van der Waals surface area contributed by atoms with Gasteiger partial charge in [0.05, 0.1) is 6.04 Å². The second kappa shape index (κ2) is 4.49. The number of primary amides is 1. The van der Waals surface area contributed by atoms with E-state index in [1.165, 1.54) is 25.7 Å². The van der Waals surface area contributed by atoms with Gasteiger partial charge in [-0.05, 0) is 37.5 Å². The van der Waals surface area contributed by atoms with Crippen LogP contribution < -0.4 is 11.5 Å². The molecule has 1 unspecified atom stereocenters. The minimum atomic E-state index is -0.498. The van der Waals surface area contributed by atoms with Gasteiger partial charge in [-0.3, -0.25) is 4.79 Å². The van der Waals surface area contributed by atoms with Gasteiger partial charge in [0.2, 0.25) is 5.91 Å². The molecule has 1 atom stereocenters. The molecule has 2 rings (SSSR count). The second-order valence-electron chi connectivity index (χ2n) is 5.11. The van der Waals surface area contributed by atoms with Crippen molar-refractivity contribution in [3.8, 4) is 0 Å². The van der Waals surface area contributed by atoms with Gasteiger partial charge < -0.3 is 16.4 Å². The number of rotatable bonds is 7. The van der Waals surface area contributed by atoms with Crippen LogP contribution in [0.2, 0.25) is 0 Å². The molecule has 2 fully saturated rings. The Morgan fingerprint density at radius 3 is 2.00 bits per heavy atom. The number of carbonyl (C=O) groups is 1. The smallest absolute Gasteiger partial charge is 0.235 e. The summed E-state index contributed by atoms with van der Waals surface area (Å²) in [5.41, 5.74) is 10.9. The van der Waals surface area contributed by atoms with Crippen molar-refractivity contribution in [1.29, 1.82) is 0 Å². The van der Waals surface area contributed by atoms with Crippen molar-refractivity contribution in [1.82, 2.24) is 4.90 Å². The summed E-state index contributed by atoms with van der Waals surface area (Å²) >= 11 is 0. The number of nitrogens with two attached hydrogens (primary N) is 2. The van der Waals surface area contributed by atoms with Crippen molar-refractivity contribution in [2.75, 3.05) is 19.6 Å². The van der Waals surface area contributed by atoms with Crippen LogP contribution in [0.15, 0.2) is 0 Å². The fourth-order valence-corrected chi connectivity index (χ4v) is 1.92. The molecule has 2 saturated carbocycles. The summed E-state index contributed by atoms with van der Waals surface area (Å²) in [5.74, 6) is 1.32. The molecule has 0 aromatic heterocycles. The average molecular weight is 211 g/mol. The lowest BCUT2D eigenvalue weighted by Crippen LogP contribution is -2.47. The Morgan fingerprint density at radius 2 is 1.67 bits per heavy atom. The Morgan fingerprint density at radius 1 is 1.20 bits per heavy atom. The maximum Gasteiger partial charge on any atom is 0.235 e. The average Bonchev–Trinajstić information content (AvgIpc) is 2.98. The van der Waals surface area contributed by atoms with Gasteiger partial charge in [-0.1, -0.05) is 0 Å². The van der Waals surface area contributed by atoms with Crippen LogP contribution in [0, 0.1) is 11.8 Å². The van der Waals surface area contributed by atoms with Crippen LogP contribution in [0.25, 0.3) is 0 Å². The number of amides is 1. The molecule has 0 saturated heterocycles. The van der Waals surface area contributed by atoms with Crippen LogP contribution in [0.5, 0.6) is 0 Å². The van der Waals surface area contributed by atoms with E-state index in [2.05, 4.69) is 4.90 Å². The molecule has 0 aromatic rings. The Balaban J connectivity index is 1.76. The van der Waals surface area contributed by atoms with Gasteiger partial charge in [-0.2, -0.15) is 0 Å². The van der Waals surface area contributed by atoms with Crippen molar-refractivity contribution in [2.45, 2.75) is 31.7 Å². The normalized spacial score (nSPS) is 23.1. The molecule has 0 heterocycles. The van der Waals surface area contributed by atoms with Crippen LogP contribution in [0.4, 0.5) is 0 Å². The summed E-state index contributed by atoms with van der Waals surface area (Å²) < 4.78 is 0. The summed E-state index contributed by atoms with van der Waals surface area (Å²) in [6.07, 6.45) is 5.36. The monoisotopic (exact) mass is 211 g/mol. The lowest BCUT2D eigenvalue weighted by atomic mass is 10.2. The predicted octanol–water partition coefficient (Wildman–Crippen LogP) is -0.0790. The molecule has 0 aliphatic heterocycles. The van der Waals surface area contributed by atoms with Crippen LogP contribution in [-0.2, 0) is 4.79 Å². The first-order valence-corrected chi connectivity index (χ1v) is 5.92. The number of nitrogens with zero attached hydrogens (tertiary/aromatic N) is 1. The summed E-state index contributed by atoms with van der Waals surface area (Å²) in [4.78, 5) is 13.2. The van der Waals surface area contributed by atoms with Crippen LogP contribution in [-0.4, -0.2) is 36.5 Å². The number of hydrogen-bond acceptors (Lipinski definition) is 3. The molecule has 4 heteroatoms. The predicted molar refractivity (Wildman–Crippen MR) is 59.1 cm³/mol. The lowest BCUT2D eigenvalue weighted by Gasteiger charge is -2.24. The minimum absolute atomic E-state index is 0.383. The van der Waals surface area contributed by atoms with E-state index in [1.54, 1.807) is 0 Å². The van der Waals surface area contributed by atoms with Gasteiger partial charge in [-0.25, -0.2) is 0 Å². The molecule has 2 aliphatic carbocycles. The Labute approximate surface area is 91.0 Å². The first kappa shape index (κ1) is 10.9. The number of carbonyl (C=O) groups excluding carboxylic acids is 1. The maximum atomic E-state index is 10.9. The summed E-state index contributed by atoms with van der Waals surface area (Å²) in [6.45, 7) is 2.86. The van der Waals surface area contributed by atoms with E-state index < -0.39 is 6.04 Å². The molecule has 0 radical (unpaired) electrons. The zero-order valence-corrected chi connectivity index (χ0v) is 9.19. The largest absolute Gasteiger partial charge is 0.368 e. The van der Waals surface area contributed by atoms with Crippen molar-refractivity contribution in [3.63, 3.8) is 0 Å². The molecular weight excluding hydrogens is 190 g/mol. The molecular formula is C11H21N3O. The highest BCUT2D eigenvalue weighted by molar-refractivity contribution is 5.79. The van der Waals surface area contributed by atoms with E-state index in [1.807, 2.05) is 0 Å². The Bertz CT molecular complexity index is 222. The summed E-state index contributed by atoms with van der Waals surface area (Å²) in [7, 11) is 0. The fourth-order valence-electron chi connectivity index (χ4n) is 1.92. The molecule has 4 N–H and O–H groups in total. The van der Waals surface area contributed by atoms with Crippen LogP contribution in [0.1, 0.15) is 25.7 Å². The third-order valence-electron chi connectivity index (χ3n) is 3.25. The molecule has 0 spiro atoms. The van der Waals surface area contributed by atoms with E-state index in [4.69, 9.17) is 11.5 Å². The molecule has 15 heavy (non-hydrogen) atoms. The van der Waals surface area contributed by atoms with E-state index in [0.29, 0.717) is 6.54 Å². The second-order valence-corrected chi connectivity index (χ2v) is 5.11. The highest BCUT2D eigenvalue weighted by Crippen LogP contribution is 2.33. The SMILES string of the molecule is NC(=O)C(N)CN(CC1CC1)CC1CC1. The summed E-state index contributed by atoms with van der Waals surface area (Å²) in [5, 5.41) is 0. The first-order valence-electron chi connectivity index (χ1n) is 5.92. The van der Waals surface area contributed by atoms with Crippen LogP contribution >= 0.6 is 0 Å². The highest BCUT2D eigenvalue weighted by atomic mass is 16.1. The molecule has 2 aliphatic rings. The van der Waals surface area contributed by atoms with Crippen molar-refractivity contribution >= 4 is 5.91 Å². The molecule has 0 aromatic carbocycles. The lowest BCUT2D eigenvalue weighted by molar-refractivity contribution is -0.119. The Kier molecular flexibility index (Phi) is 3.26. The standard InChI is InChI=1S/C11H21N3O/c12-10(11(13)15)7-14(5-8-1-2-8)6-9-3-4-9/h8-10H,1-7,12H2,(H2,13,15). The van der Waals surface area contributed by atoms with Crippen molar-refractivity contribution in [2.24, 2.45) is 23.3 Å². The number of hydrogen-bond donors (Lipinski definition) is 2. The van der Waals surface area contributed by atoms with Gasteiger partial charge in [0.1, 0.15) is 0 Å². The van der Waals surface area contributed by atoms with Crippen molar-refractivity contribution in [3.05, 3.63) is 0 Å². The van der Waals surface area contributed by atoms with E-state index in [0.717, 1.165) is 24.9 Å². The Hall–Kier alpha value is -0.610. The van der Waals surface area contributed by atoms with Gasteiger partial charge in [0, 0.05) is 19.6 Å². The quantitative estimate of drug-likeness (QED) is 0.618. The fraction of sp³-hybridized carbons (Fsp3) is 0.909. The highest BCUT2D eigenvalue weighted by Gasteiger charge is 2.30. The van der Waals surface area contributed by atoms with E-state index >= 15 is 0 Å².